The fraction of sp³-hybridized carbons (Fsp3) is 0.333. The van der Waals surface area contributed by atoms with E-state index in [2.05, 4.69) is 0 Å². The van der Waals surface area contributed by atoms with Gasteiger partial charge in [0.2, 0.25) is 0 Å². The monoisotopic (exact) mass is 352 g/mol. The Labute approximate surface area is 152 Å². The van der Waals surface area contributed by atoms with Gasteiger partial charge in [0.05, 0.1) is 11.6 Å². The van der Waals surface area contributed by atoms with Crippen LogP contribution in [0.2, 0.25) is 0 Å². The molecule has 1 amide bonds. The SMILES string of the molecule is CC(C)(C)OC(=O)N1CCc2cccc(-c3ccc(C#N)cc3F)c2C1. The summed E-state index contributed by atoms with van der Waals surface area (Å²) in [7, 11) is 0. The highest BCUT2D eigenvalue weighted by Crippen LogP contribution is 2.32. The van der Waals surface area contributed by atoms with E-state index < -0.39 is 11.4 Å². The number of ether oxygens (including phenoxy) is 1. The average Bonchev–Trinajstić information content (AvgIpc) is 2.59. The average molecular weight is 352 g/mol. The molecule has 0 unspecified atom stereocenters. The van der Waals surface area contributed by atoms with E-state index in [1.165, 1.54) is 6.07 Å². The molecule has 2 aromatic carbocycles. The lowest BCUT2D eigenvalue weighted by atomic mass is 9.90. The number of carbonyl (C=O) groups is 1. The minimum atomic E-state index is -0.559. The van der Waals surface area contributed by atoms with Gasteiger partial charge in [-0.15, -0.1) is 0 Å². The Kier molecular flexibility index (Phi) is 4.69. The van der Waals surface area contributed by atoms with E-state index in [0.29, 0.717) is 25.1 Å². The lowest BCUT2D eigenvalue weighted by molar-refractivity contribution is 0.0224. The molecular formula is C21H21FN2O2. The molecule has 0 spiro atoms. The van der Waals surface area contributed by atoms with Crippen molar-refractivity contribution in [1.82, 2.24) is 4.90 Å². The van der Waals surface area contributed by atoms with E-state index in [9.17, 15) is 9.18 Å². The smallest absolute Gasteiger partial charge is 0.410 e. The maximum Gasteiger partial charge on any atom is 0.410 e. The van der Waals surface area contributed by atoms with Gasteiger partial charge in [0.1, 0.15) is 11.4 Å². The zero-order chi connectivity index (χ0) is 18.9. The summed E-state index contributed by atoms with van der Waals surface area (Å²) in [4.78, 5) is 14.1. The Morgan fingerprint density at radius 3 is 2.65 bits per heavy atom. The summed E-state index contributed by atoms with van der Waals surface area (Å²) in [5.41, 5.74) is 2.94. The minimum absolute atomic E-state index is 0.284. The van der Waals surface area contributed by atoms with Gasteiger partial charge in [0.15, 0.2) is 0 Å². The van der Waals surface area contributed by atoms with Gasteiger partial charge in [0.25, 0.3) is 0 Å². The summed E-state index contributed by atoms with van der Waals surface area (Å²) < 4.78 is 20.0. The maximum absolute atomic E-state index is 14.5. The number of nitriles is 1. The molecule has 0 aromatic heterocycles. The molecule has 0 atom stereocenters. The molecule has 1 heterocycles. The van der Waals surface area contributed by atoms with Crippen molar-refractivity contribution in [2.75, 3.05) is 6.54 Å². The predicted molar refractivity (Wildman–Crippen MR) is 96.9 cm³/mol. The van der Waals surface area contributed by atoms with Crippen LogP contribution in [-0.2, 0) is 17.7 Å². The number of hydrogen-bond acceptors (Lipinski definition) is 3. The lowest BCUT2D eigenvalue weighted by Crippen LogP contribution is -2.40. The number of nitrogens with zero attached hydrogens (tertiary/aromatic N) is 2. The van der Waals surface area contributed by atoms with Crippen LogP contribution >= 0.6 is 0 Å². The van der Waals surface area contributed by atoms with Gasteiger partial charge in [-0.25, -0.2) is 9.18 Å². The number of benzene rings is 2. The molecule has 5 heteroatoms. The van der Waals surface area contributed by atoms with E-state index in [1.54, 1.807) is 17.0 Å². The first-order chi connectivity index (χ1) is 12.3. The second-order valence-electron chi connectivity index (χ2n) is 7.40. The Hall–Kier alpha value is -2.87. The molecule has 3 rings (SSSR count). The first-order valence-electron chi connectivity index (χ1n) is 8.57. The summed E-state index contributed by atoms with van der Waals surface area (Å²) in [5, 5.41) is 8.93. The zero-order valence-electron chi connectivity index (χ0n) is 15.2. The summed E-state index contributed by atoms with van der Waals surface area (Å²) in [6, 6.07) is 12.2. The number of amides is 1. The van der Waals surface area contributed by atoms with Crippen molar-refractivity contribution in [3.05, 3.63) is 58.9 Å². The van der Waals surface area contributed by atoms with Crippen LogP contribution in [0.15, 0.2) is 36.4 Å². The lowest BCUT2D eigenvalue weighted by Gasteiger charge is -2.32. The van der Waals surface area contributed by atoms with Gasteiger partial charge in [-0.3, -0.25) is 0 Å². The zero-order valence-corrected chi connectivity index (χ0v) is 15.2. The van der Waals surface area contributed by atoms with Crippen LogP contribution in [0.4, 0.5) is 9.18 Å². The fourth-order valence-electron chi connectivity index (χ4n) is 3.12. The van der Waals surface area contributed by atoms with E-state index in [-0.39, 0.29) is 11.7 Å². The Morgan fingerprint density at radius 2 is 2.00 bits per heavy atom. The van der Waals surface area contributed by atoms with Crippen LogP contribution < -0.4 is 0 Å². The van der Waals surface area contributed by atoms with Gasteiger partial charge < -0.3 is 9.64 Å². The van der Waals surface area contributed by atoms with Crippen LogP contribution in [0.25, 0.3) is 11.1 Å². The summed E-state index contributed by atoms with van der Waals surface area (Å²) in [6.07, 6.45) is 0.332. The first kappa shape index (κ1) is 17.9. The Balaban J connectivity index is 1.96. The third-order valence-electron chi connectivity index (χ3n) is 4.31. The van der Waals surface area contributed by atoms with Gasteiger partial charge in [-0.05, 0) is 56.0 Å². The van der Waals surface area contributed by atoms with Crippen LogP contribution in [-0.4, -0.2) is 23.1 Å². The molecule has 0 radical (unpaired) electrons. The highest BCUT2D eigenvalue weighted by Gasteiger charge is 2.27. The number of carbonyl (C=O) groups excluding carboxylic acids is 1. The molecule has 2 aromatic rings. The minimum Gasteiger partial charge on any atom is -0.444 e. The molecular weight excluding hydrogens is 331 g/mol. The number of halogens is 1. The third-order valence-corrected chi connectivity index (χ3v) is 4.31. The van der Waals surface area contributed by atoms with Gasteiger partial charge in [-0.1, -0.05) is 24.3 Å². The quantitative estimate of drug-likeness (QED) is 0.750. The largest absolute Gasteiger partial charge is 0.444 e. The molecule has 0 fully saturated rings. The highest BCUT2D eigenvalue weighted by molar-refractivity contribution is 5.73. The molecule has 0 saturated heterocycles. The van der Waals surface area contributed by atoms with E-state index >= 15 is 0 Å². The normalized spacial score (nSPS) is 13.7. The molecule has 26 heavy (non-hydrogen) atoms. The van der Waals surface area contributed by atoms with E-state index in [4.69, 9.17) is 10.00 Å². The number of rotatable bonds is 1. The van der Waals surface area contributed by atoms with Gasteiger partial charge in [0, 0.05) is 18.7 Å². The second-order valence-corrected chi connectivity index (χ2v) is 7.40. The van der Waals surface area contributed by atoms with Crippen LogP contribution in [0, 0.1) is 17.1 Å². The second kappa shape index (κ2) is 6.80. The topological polar surface area (TPSA) is 53.3 Å². The highest BCUT2D eigenvalue weighted by atomic mass is 19.1. The number of fused-ring (bicyclic) bond motifs is 1. The molecule has 0 bridgehead atoms. The molecule has 134 valence electrons. The first-order valence-corrected chi connectivity index (χ1v) is 8.57. The summed E-state index contributed by atoms with van der Waals surface area (Å²) in [6.45, 7) is 6.45. The van der Waals surface area contributed by atoms with Crippen molar-refractivity contribution in [2.24, 2.45) is 0 Å². The molecule has 4 nitrogen and oxygen atoms in total. The molecule has 1 aliphatic rings. The Bertz CT molecular complexity index is 894. The van der Waals surface area contributed by atoms with E-state index in [1.807, 2.05) is 45.0 Å². The van der Waals surface area contributed by atoms with E-state index in [0.717, 1.165) is 16.7 Å². The van der Waals surface area contributed by atoms with Crippen molar-refractivity contribution in [3.8, 4) is 17.2 Å². The summed E-state index contributed by atoms with van der Waals surface area (Å²) in [5.74, 6) is -0.438. The third kappa shape index (κ3) is 3.70. The molecule has 0 N–H and O–H groups in total. The standard InChI is InChI=1S/C21H21FN2O2/c1-21(2,3)26-20(25)24-10-9-15-5-4-6-16(18(15)13-24)17-8-7-14(12-23)11-19(17)22/h4-8,11H,9-10,13H2,1-3H3. The number of hydrogen-bond donors (Lipinski definition) is 0. The molecule has 0 aliphatic carbocycles. The van der Waals surface area contributed by atoms with Crippen LogP contribution in [0.5, 0.6) is 0 Å². The van der Waals surface area contributed by atoms with Gasteiger partial charge in [-0.2, -0.15) is 5.26 Å². The molecule has 0 saturated carbocycles. The fourth-order valence-corrected chi connectivity index (χ4v) is 3.12. The van der Waals surface area contributed by atoms with Crippen molar-refractivity contribution in [1.29, 1.82) is 5.26 Å². The molecule has 1 aliphatic heterocycles. The van der Waals surface area contributed by atoms with Crippen molar-refractivity contribution < 1.29 is 13.9 Å². The Morgan fingerprint density at radius 1 is 1.23 bits per heavy atom. The van der Waals surface area contributed by atoms with Gasteiger partial charge >= 0.3 is 6.09 Å². The van der Waals surface area contributed by atoms with Crippen molar-refractivity contribution in [3.63, 3.8) is 0 Å². The maximum atomic E-state index is 14.5. The van der Waals surface area contributed by atoms with Crippen LogP contribution in [0.1, 0.15) is 37.5 Å². The predicted octanol–water partition coefficient (Wildman–Crippen LogP) is 4.66. The van der Waals surface area contributed by atoms with Crippen molar-refractivity contribution in [2.45, 2.75) is 39.3 Å². The summed E-state index contributed by atoms with van der Waals surface area (Å²) >= 11 is 0. The van der Waals surface area contributed by atoms with Crippen LogP contribution in [0.3, 0.4) is 0 Å². The van der Waals surface area contributed by atoms with Crippen molar-refractivity contribution >= 4 is 6.09 Å².